The highest BCUT2D eigenvalue weighted by molar-refractivity contribution is 5.81. The molecule has 2 fully saturated rings. The van der Waals surface area contributed by atoms with Crippen LogP contribution in [-0.4, -0.2) is 35.2 Å². The van der Waals surface area contributed by atoms with E-state index < -0.39 is 11.6 Å². The maximum absolute atomic E-state index is 13.4. The zero-order valence-corrected chi connectivity index (χ0v) is 17.3. The topological polar surface area (TPSA) is 43.1 Å². The number of nitrogens with zero attached hydrogens (tertiary/aromatic N) is 1. The van der Waals surface area contributed by atoms with Gasteiger partial charge in [0.1, 0.15) is 5.41 Å². The van der Waals surface area contributed by atoms with Gasteiger partial charge in [0.05, 0.1) is 12.4 Å². The number of rotatable bonds is 7. The van der Waals surface area contributed by atoms with E-state index in [9.17, 15) is 13.2 Å². The summed E-state index contributed by atoms with van der Waals surface area (Å²) in [6.45, 7) is 11.7. The van der Waals surface area contributed by atoms with Gasteiger partial charge in [-0.05, 0) is 56.2 Å². The minimum Gasteiger partial charge on any atom is -0.373 e. The molecular weight excluding hydrogens is 389 g/mol. The van der Waals surface area contributed by atoms with Crippen molar-refractivity contribution in [2.45, 2.75) is 51.4 Å². The van der Waals surface area contributed by atoms with Crippen LogP contribution in [0.3, 0.4) is 0 Å². The third-order valence-corrected chi connectivity index (χ3v) is 6.35. The lowest BCUT2D eigenvalue weighted by Crippen LogP contribution is -2.48. The molecule has 2 aromatic rings. The predicted octanol–water partition coefficient (Wildman–Crippen LogP) is 4.95. The van der Waals surface area contributed by atoms with Gasteiger partial charge in [0.15, 0.2) is 0 Å². The van der Waals surface area contributed by atoms with Gasteiger partial charge >= 0.3 is 6.18 Å². The van der Waals surface area contributed by atoms with Gasteiger partial charge in [0, 0.05) is 36.0 Å². The molecule has 1 unspecified atom stereocenters. The molecule has 1 aliphatic carbocycles. The van der Waals surface area contributed by atoms with E-state index in [1.165, 1.54) is 10.9 Å². The van der Waals surface area contributed by atoms with Crippen LogP contribution in [0.4, 0.5) is 13.2 Å². The van der Waals surface area contributed by atoms with Crippen LogP contribution >= 0.6 is 0 Å². The molecule has 1 saturated heterocycles. The molecule has 4 rings (SSSR count). The van der Waals surface area contributed by atoms with Crippen LogP contribution in [-0.2, 0) is 6.54 Å². The van der Waals surface area contributed by atoms with Gasteiger partial charge in [0.25, 0.3) is 0 Å². The minimum atomic E-state index is -4.21. The van der Waals surface area contributed by atoms with E-state index in [0.29, 0.717) is 25.5 Å². The van der Waals surface area contributed by atoms with Gasteiger partial charge in [-0.2, -0.15) is 13.2 Å². The van der Waals surface area contributed by atoms with E-state index in [1.807, 2.05) is 4.90 Å². The molecule has 1 aliphatic heterocycles. The quantitative estimate of drug-likeness (QED) is 0.596. The smallest absolute Gasteiger partial charge is 0.373 e. The number of likely N-dealkylation sites (tertiary alicyclic amines) is 1. The third-order valence-electron chi connectivity index (χ3n) is 6.35. The zero-order chi connectivity index (χ0) is 21.5. The first-order valence-electron chi connectivity index (χ1n) is 10.5. The number of fused-ring (bicyclic) bond motifs is 1. The molecule has 1 aromatic carbocycles. The van der Waals surface area contributed by atoms with Crippen molar-refractivity contribution < 1.29 is 13.2 Å². The number of aryl methyl sites for hydroxylation is 1. The molecule has 1 aromatic heterocycles. The molecule has 2 heterocycles. The van der Waals surface area contributed by atoms with E-state index in [4.69, 9.17) is 0 Å². The van der Waals surface area contributed by atoms with Gasteiger partial charge in [-0.3, -0.25) is 0 Å². The van der Waals surface area contributed by atoms with Crippen molar-refractivity contribution in [3.05, 3.63) is 60.2 Å². The third kappa shape index (κ3) is 4.02. The fourth-order valence-corrected chi connectivity index (χ4v) is 4.41. The molecule has 7 heteroatoms. The highest BCUT2D eigenvalue weighted by atomic mass is 19.4. The Bertz CT molecular complexity index is 955. The molecule has 0 amide bonds. The lowest BCUT2D eigenvalue weighted by Gasteiger charge is -2.39. The molecule has 2 aliphatic rings. The first kappa shape index (κ1) is 20.7. The summed E-state index contributed by atoms with van der Waals surface area (Å²) in [6.07, 6.45) is -2.17. The van der Waals surface area contributed by atoms with Crippen molar-refractivity contribution in [1.29, 1.82) is 0 Å². The Hall–Kier alpha value is -2.57. The molecule has 0 spiro atoms. The fourth-order valence-electron chi connectivity index (χ4n) is 4.41. The monoisotopic (exact) mass is 418 g/mol. The number of aromatic amines is 1. The molecule has 4 nitrogen and oxygen atoms in total. The molecular formula is C23H29F3N4. The number of benzene rings is 1. The van der Waals surface area contributed by atoms with Gasteiger partial charge in [-0.25, -0.2) is 0 Å². The summed E-state index contributed by atoms with van der Waals surface area (Å²) >= 11 is 0. The van der Waals surface area contributed by atoms with E-state index in [2.05, 4.69) is 60.0 Å². The van der Waals surface area contributed by atoms with Gasteiger partial charge in [0.2, 0.25) is 0 Å². The number of alkyl halides is 3. The number of halogens is 3. The van der Waals surface area contributed by atoms with Crippen molar-refractivity contribution in [3.8, 4) is 0 Å². The van der Waals surface area contributed by atoms with Crippen LogP contribution in [0.5, 0.6) is 0 Å². The highest BCUT2D eigenvalue weighted by Crippen LogP contribution is 2.62. The van der Waals surface area contributed by atoms with Crippen molar-refractivity contribution in [1.82, 2.24) is 20.5 Å². The second-order valence-electron chi connectivity index (χ2n) is 8.67. The summed E-state index contributed by atoms with van der Waals surface area (Å²) in [5.41, 5.74) is 1.90. The summed E-state index contributed by atoms with van der Waals surface area (Å²) < 4.78 is 40.3. The first-order valence-corrected chi connectivity index (χ1v) is 10.5. The standard InChI is InChI=1S/C23H29F3N4/c1-15-6-7-21-18(11-15)12-20(29-21)13-27-17(3)28-19-5-4-10-30(14-19)16(2)22(8-9-22)23(24,25)26/h6-7,11-12,19,27-29H,2-5,8-10,13-14H2,1H3. The number of hydrogen-bond acceptors (Lipinski definition) is 3. The fraction of sp³-hybridized carbons (Fsp3) is 0.478. The van der Waals surface area contributed by atoms with E-state index in [-0.39, 0.29) is 24.6 Å². The average Bonchev–Trinajstić information content (AvgIpc) is 3.41. The average molecular weight is 419 g/mol. The van der Waals surface area contributed by atoms with E-state index in [1.54, 1.807) is 0 Å². The van der Waals surface area contributed by atoms with E-state index in [0.717, 1.165) is 24.1 Å². The summed E-state index contributed by atoms with van der Waals surface area (Å²) in [5, 5.41) is 7.79. The minimum absolute atomic E-state index is 0.0462. The Morgan fingerprint density at radius 1 is 1.27 bits per heavy atom. The van der Waals surface area contributed by atoms with Crippen LogP contribution < -0.4 is 10.6 Å². The van der Waals surface area contributed by atoms with Gasteiger partial charge in [-0.15, -0.1) is 0 Å². The SMILES string of the molecule is C=C(NCc1cc2cc(C)ccc2[nH]1)NC1CCCN(C(=C)C2(C(F)(F)F)CC2)C1. The highest BCUT2D eigenvalue weighted by Gasteiger charge is 2.66. The lowest BCUT2D eigenvalue weighted by molar-refractivity contribution is -0.180. The lowest BCUT2D eigenvalue weighted by atomic mass is 9.97. The molecule has 1 atom stereocenters. The predicted molar refractivity (Wildman–Crippen MR) is 114 cm³/mol. The summed E-state index contributed by atoms with van der Waals surface area (Å²) in [6, 6.07) is 8.44. The number of allylic oxidation sites excluding steroid dienone is 1. The van der Waals surface area contributed by atoms with Crippen molar-refractivity contribution >= 4 is 10.9 Å². The van der Waals surface area contributed by atoms with Crippen LogP contribution in [0.2, 0.25) is 0 Å². The summed E-state index contributed by atoms with van der Waals surface area (Å²) in [5.74, 6) is 0.680. The molecule has 0 bridgehead atoms. The first-order chi connectivity index (χ1) is 14.2. The van der Waals surface area contributed by atoms with Crippen molar-refractivity contribution in [2.75, 3.05) is 13.1 Å². The Morgan fingerprint density at radius 2 is 2.03 bits per heavy atom. The number of nitrogens with one attached hydrogen (secondary N) is 3. The number of aromatic nitrogens is 1. The molecule has 3 N–H and O–H groups in total. The molecule has 162 valence electrons. The normalized spacial score (nSPS) is 20.8. The van der Waals surface area contributed by atoms with Crippen LogP contribution in [0, 0.1) is 12.3 Å². The van der Waals surface area contributed by atoms with Gasteiger partial charge < -0.3 is 20.5 Å². The Labute approximate surface area is 175 Å². The maximum Gasteiger partial charge on any atom is 0.399 e. The Balaban J connectivity index is 1.30. The largest absolute Gasteiger partial charge is 0.399 e. The van der Waals surface area contributed by atoms with Crippen LogP contribution in [0.25, 0.3) is 10.9 Å². The second-order valence-corrected chi connectivity index (χ2v) is 8.67. The molecule has 1 saturated carbocycles. The zero-order valence-electron chi connectivity index (χ0n) is 17.3. The van der Waals surface area contributed by atoms with Crippen molar-refractivity contribution in [3.63, 3.8) is 0 Å². The van der Waals surface area contributed by atoms with Crippen LogP contribution in [0.1, 0.15) is 36.9 Å². The summed E-state index contributed by atoms with van der Waals surface area (Å²) in [4.78, 5) is 5.20. The Kier molecular flexibility index (Phi) is 5.24. The van der Waals surface area contributed by atoms with E-state index >= 15 is 0 Å². The number of hydrogen-bond donors (Lipinski definition) is 3. The maximum atomic E-state index is 13.4. The Morgan fingerprint density at radius 3 is 2.73 bits per heavy atom. The van der Waals surface area contributed by atoms with Crippen LogP contribution in [0.15, 0.2) is 48.9 Å². The second kappa shape index (κ2) is 7.60. The van der Waals surface area contributed by atoms with Crippen molar-refractivity contribution in [2.24, 2.45) is 5.41 Å². The number of H-pyrrole nitrogens is 1. The van der Waals surface area contributed by atoms with Gasteiger partial charge in [-0.1, -0.05) is 24.8 Å². The number of piperidine rings is 1. The molecule has 30 heavy (non-hydrogen) atoms. The summed E-state index contributed by atoms with van der Waals surface area (Å²) in [7, 11) is 0. The molecule has 0 radical (unpaired) electrons.